The molecule has 0 heterocycles. The van der Waals surface area contributed by atoms with Gasteiger partial charge in [-0.2, -0.15) is 13.5 Å². The molecular formula is C22H34N2O3S. The highest BCUT2D eigenvalue weighted by molar-refractivity contribution is 7.89. The maximum Gasteiger partial charge on any atom is 0.276 e. The monoisotopic (exact) mass is 406 g/mol. The van der Waals surface area contributed by atoms with Crippen LogP contribution in [0.2, 0.25) is 0 Å². The maximum atomic E-state index is 12.7. The molecule has 0 unspecified atom stereocenters. The number of rotatable bonds is 4. The molecule has 0 radical (unpaired) electrons. The van der Waals surface area contributed by atoms with Crippen molar-refractivity contribution < 1.29 is 13.5 Å². The molecule has 2 fully saturated rings. The first-order valence-electron chi connectivity index (χ1n) is 10.4. The Kier molecular flexibility index (Phi) is 5.93. The van der Waals surface area contributed by atoms with Gasteiger partial charge in [-0.1, -0.05) is 45.4 Å². The minimum atomic E-state index is -3.73. The third kappa shape index (κ3) is 3.86. The van der Waals surface area contributed by atoms with Crippen LogP contribution in [0.15, 0.2) is 34.3 Å². The van der Waals surface area contributed by atoms with Gasteiger partial charge in [0.1, 0.15) is 0 Å². The molecule has 2 aliphatic rings. The third-order valence-corrected chi connectivity index (χ3v) is 8.26. The van der Waals surface area contributed by atoms with Gasteiger partial charge in [-0.05, 0) is 68.4 Å². The Morgan fingerprint density at radius 3 is 2.39 bits per heavy atom. The number of sulfonamides is 1. The number of hydrogen-bond donors (Lipinski definition) is 2. The van der Waals surface area contributed by atoms with Gasteiger partial charge in [-0.3, -0.25) is 0 Å². The molecule has 2 aliphatic carbocycles. The van der Waals surface area contributed by atoms with Crippen LogP contribution in [-0.2, 0) is 10.0 Å². The number of hydrazone groups is 1. The largest absolute Gasteiger partial charge is 0.389 e. The van der Waals surface area contributed by atoms with Gasteiger partial charge in [-0.25, -0.2) is 4.83 Å². The van der Waals surface area contributed by atoms with Crippen LogP contribution in [0.3, 0.4) is 0 Å². The quantitative estimate of drug-likeness (QED) is 0.739. The van der Waals surface area contributed by atoms with E-state index in [2.05, 4.69) is 37.6 Å². The van der Waals surface area contributed by atoms with E-state index in [1.54, 1.807) is 24.3 Å². The zero-order chi connectivity index (χ0) is 20.7. The van der Waals surface area contributed by atoms with Crippen LogP contribution in [0.5, 0.6) is 0 Å². The molecule has 5 atom stereocenters. The van der Waals surface area contributed by atoms with Crippen molar-refractivity contribution in [2.24, 2.45) is 34.7 Å². The molecule has 0 aromatic heterocycles. The molecule has 3 rings (SSSR count). The molecule has 0 bridgehead atoms. The van der Waals surface area contributed by atoms with Crippen LogP contribution in [-0.4, -0.2) is 24.8 Å². The molecule has 0 saturated heterocycles. The second-order valence-electron chi connectivity index (χ2n) is 9.24. The highest BCUT2D eigenvalue weighted by Crippen LogP contribution is 2.51. The highest BCUT2D eigenvalue weighted by atomic mass is 32.2. The van der Waals surface area contributed by atoms with Gasteiger partial charge in [0.25, 0.3) is 10.0 Å². The number of benzene rings is 1. The van der Waals surface area contributed by atoms with Crippen molar-refractivity contribution in [3.05, 3.63) is 29.8 Å². The number of nitrogens with zero attached hydrogens (tertiary/aromatic N) is 1. The van der Waals surface area contributed by atoms with Gasteiger partial charge in [0.05, 0.1) is 10.5 Å². The van der Waals surface area contributed by atoms with E-state index in [4.69, 9.17) is 0 Å². The Bertz CT molecular complexity index is 832. The molecule has 28 heavy (non-hydrogen) atoms. The molecule has 2 N–H and O–H groups in total. The average molecular weight is 407 g/mol. The zero-order valence-corrected chi connectivity index (χ0v) is 18.5. The Hall–Kier alpha value is -1.40. The molecular weight excluding hydrogens is 372 g/mol. The average Bonchev–Trinajstić information content (AvgIpc) is 2.63. The third-order valence-electron chi connectivity index (χ3n) is 7.04. The van der Waals surface area contributed by atoms with Crippen molar-refractivity contribution in [2.45, 2.75) is 70.8 Å². The summed E-state index contributed by atoms with van der Waals surface area (Å²) in [7, 11) is -3.73. The molecule has 5 nitrogen and oxygen atoms in total. The van der Waals surface area contributed by atoms with Crippen LogP contribution < -0.4 is 4.83 Å². The fraction of sp³-hybridized carbons (Fsp3) is 0.682. The van der Waals surface area contributed by atoms with Gasteiger partial charge in [0.2, 0.25) is 0 Å². The maximum absolute atomic E-state index is 12.7. The van der Waals surface area contributed by atoms with Gasteiger partial charge in [0, 0.05) is 11.6 Å². The molecule has 6 heteroatoms. The van der Waals surface area contributed by atoms with Crippen molar-refractivity contribution in [1.29, 1.82) is 0 Å². The van der Waals surface area contributed by atoms with E-state index in [0.717, 1.165) is 37.0 Å². The molecule has 0 amide bonds. The summed E-state index contributed by atoms with van der Waals surface area (Å²) in [5.41, 5.74) is 1.02. The number of fused-ring (bicyclic) bond motifs is 1. The molecule has 1 aromatic carbocycles. The first kappa shape index (κ1) is 21.3. The Balaban J connectivity index is 1.96. The lowest BCUT2D eigenvalue weighted by molar-refractivity contribution is -0.111. The number of aliphatic hydroxyl groups is 1. The minimum Gasteiger partial charge on any atom is -0.389 e. The fourth-order valence-corrected chi connectivity index (χ4v) is 5.92. The lowest BCUT2D eigenvalue weighted by Gasteiger charge is -2.54. The Labute approximate surface area is 169 Å². The molecule has 0 aliphatic heterocycles. The first-order valence-corrected chi connectivity index (χ1v) is 11.9. The van der Waals surface area contributed by atoms with Crippen molar-refractivity contribution in [3.63, 3.8) is 0 Å². The van der Waals surface area contributed by atoms with Gasteiger partial charge in [0.15, 0.2) is 0 Å². The first-order chi connectivity index (χ1) is 13.1. The summed E-state index contributed by atoms with van der Waals surface area (Å²) in [5, 5.41) is 16.0. The Morgan fingerprint density at radius 2 is 1.79 bits per heavy atom. The molecule has 0 spiro atoms. The van der Waals surface area contributed by atoms with E-state index in [0.29, 0.717) is 11.8 Å². The molecule has 1 aromatic rings. The van der Waals surface area contributed by atoms with E-state index in [9.17, 15) is 13.5 Å². The SMILES string of the molecule is Cc1ccc(S(=O)(=O)NN=C2[C@H](C)CC[C@]3(O)[C@H](C)CC[C@H](C(C)C)[C@@H]23)cc1. The van der Waals surface area contributed by atoms with Gasteiger partial charge < -0.3 is 5.11 Å². The number of aryl methyl sites for hydroxylation is 1. The van der Waals surface area contributed by atoms with Crippen LogP contribution in [0.25, 0.3) is 0 Å². The summed E-state index contributed by atoms with van der Waals surface area (Å²) in [6.07, 6.45) is 3.63. The number of hydrogen-bond acceptors (Lipinski definition) is 4. The summed E-state index contributed by atoms with van der Waals surface area (Å²) in [6, 6.07) is 6.75. The fourth-order valence-electron chi connectivity index (χ4n) is 5.10. The van der Waals surface area contributed by atoms with E-state index < -0.39 is 15.6 Å². The molecule has 156 valence electrons. The van der Waals surface area contributed by atoms with Crippen LogP contribution in [0, 0.1) is 36.5 Å². The second-order valence-corrected chi connectivity index (χ2v) is 10.9. The summed E-state index contributed by atoms with van der Waals surface area (Å²) in [6.45, 7) is 10.5. The summed E-state index contributed by atoms with van der Waals surface area (Å²) < 4.78 is 25.5. The predicted octanol–water partition coefficient (Wildman–Crippen LogP) is 4.11. The van der Waals surface area contributed by atoms with Crippen molar-refractivity contribution in [1.82, 2.24) is 4.83 Å². The van der Waals surface area contributed by atoms with Crippen LogP contribution >= 0.6 is 0 Å². The number of nitrogens with one attached hydrogen (secondary N) is 1. The topological polar surface area (TPSA) is 78.8 Å². The Morgan fingerprint density at radius 1 is 1.14 bits per heavy atom. The summed E-state index contributed by atoms with van der Waals surface area (Å²) >= 11 is 0. The van der Waals surface area contributed by atoms with Crippen LogP contribution in [0.4, 0.5) is 0 Å². The summed E-state index contributed by atoms with van der Waals surface area (Å²) in [5.74, 6) is 0.969. The summed E-state index contributed by atoms with van der Waals surface area (Å²) in [4.78, 5) is 2.68. The standard InChI is InChI=1S/C22H34N2O3S/c1-14(2)19-11-8-17(5)22(25)13-12-16(4)21(20(19)22)23-24-28(26,27)18-9-6-15(3)7-10-18/h6-7,9-10,14,16-17,19-20,24-25H,8,11-13H2,1-5H3/t16-,17-,19-,20+,22+/m1/s1. The van der Waals surface area contributed by atoms with E-state index in [-0.39, 0.29) is 22.6 Å². The van der Waals surface area contributed by atoms with Crippen molar-refractivity contribution >= 4 is 15.7 Å². The second kappa shape index (κ2) is 7.79. The van der Waals surface area contributed by atoms with Gasteiger partial charge >= 0.3 is 0 Å². The van der Waals surface area contributed by atoms with Gasteiger partial charge in [-0.15, -0.1) is 0 Å². The molecule has 2 saturated carbocycles. The normalized spacial score (nSPS) is 35.0. The van der Waals surface area contributed by atoms with Crippen molar-refractivity contribution in [3.8, 4) is 0 Å². The van der Waals surface area contributed by atoms with Crippen molar-refractivity contribution in [2.75, 3.05) is 0 Å². The van der Waals surface area contributed by atoms with E-state index >= 15 is 0 Å². The predicted molar refractivity (Wildman–Crippen MR) is 112 cm³/mol. The zero-order valence-electron chi connectivity index (χ0n) is 17.6. The van der Waals surface area contributed by atoms with E-state index in [1.807, 2.05) is 6.92 Å². The van der Waals surface area contributed by atoms with Crippen LogP contribution in [0.1, 0.15) is 58.9 Å². The minimum absolute atomic E-state index is 0.0966. The van der Waals surface area contributed by atoms with E-state index in [1.165, 1.54) is 0 Å². The smallest absolute Gasteiger partial charge is 0.276 e. The highest BCUT2D eigenvalue weighted by Gasteiger charge is 2.54. The lowest BCUT2D eigenvalue weighted by Crippen LogP contribution is -2.59. The lowest BCUT2D eigenvalue weighted by atomic mass is 9.54.